The van der Waals surface area contributed by atoms with E-state index in [1.807, 2.05) is 20.8 Å². The van der Waals surface area contributed by atoms with E-state index in [0.29, 0.717) is 17.9 Å². The molecule has 1 aromatic rings. The van der Waals surface area contributed by atoms with Gasteiger partial charge in [-0.1, -0.05) is 13.8 Å². The molecule has 0 aromatic carbocycles. The molecule has 6 heteroatoms. The van der Waals surface area contributed by atoms with Gasteiger partial charge in [-0.15, -0.1) is 0 Å². The number of hydrogen-bond donors (Lipinski definition) is 3. The molecule has 1 fully saturated rings. The summed E-state index contributed by atoms with van der Waals surface area (Å²) >= 11 is 0. The molecule has 0 spiro atoms. The van der Waals surface area contributed by atoms with Crippen molar-refractivity contribution in [1.29, 1.82) is 0 Å². The Labute approximate surface area is 125 Å². The first-order chi connectivity index (χ1) is 9.93. The minimum Gasteiger partial charge on any atom is -0.373 e. The smallest absolute Gasteiger partial charge is 0.251 e. The number of anilines is 1. The van der Waals surface area contributed by atoms with Crippen LogP contribution in [0.4, 0.5) is 5.82 Å². The Morgan fingerprint density at radius 3 is 2.86 bits per heavy atom. The van der Waals surface area contributed by atoms with Crippen molar-refractivity contribution in [2.24, 2.45) is 5.84 Å². The number of nitrogen functional groups attached to an aromatic ring is 1. The average Bonchev–Trinajstić information content (AvgIpc) is 2.91. The number of amides is 1. The molecule has 1 atom stereocenters. The molecule has 6 nitrogen and oxygen atoms in total. The van der Waals surface area contributed by atoms with Crippen LogP contribution in [0.3, 0.4) is 0 Å². The number of hydrogen-bond acceptors (Lipinski definition) is 5. The van der Waals surface area contributed by atoms with Crippen molar-refractivity contribution in [2.45, 2.75) is 45.1 Å². The molecule has 1 saturated heterocycles. The normalized spacial score (nSPS) is 21.6. The fraction of sp³-hybridized carbons (Fsp3) is 0.600. The molecule has 1 amide bonds. The monoisotopic (exact) mass is 292 g/mol. The van der Waals surface area contributed by atoms with Gasteiger partial charge in [0.2, 0.25) is 0 Å². The lowest BCUT2D eigenvalue weighted by Crippen LogP contribution is -2.40. The number of carbonyl (C=O) groups is 1. The summed E-state index contributed by atoms with van der Waals surface area (Å²) in [5, 5.41) is 2.94. The summed E-state index contributed by atoms with van der Waals surface area (Å²) in [7, 11) is 0. The topological polar surface area (TPSA) is 89.3 Å². The maximum atomic E-state index is 12.3. The summed E-state index contributed by atoms with van der Waals surface area (Å²) in [5.74, 6) is 6.00. The second-order valence-corrected chi connectivity index (χ2v) is 6.05. The number of nitrogens with zero attached hydrogens (tertiary/aromatic N) is 1. The Morgan fingerprint density at radius 2 is 2.29 bits per heavy atom. The summed E-state index contributed by atoms with van der Waals surface area (Å²) < 4.78 is 5.67. The van der Waals surface area contributed by atoms with Gasteiger partial charge in [-0.05, 0) is 37.8 Å². The first kappa shape index (κ1) is 15.7. The number of rotatable bonds is 5. The highest BCUT2D eigenvalue weighted by atomic mass is 16.5. The molecule has 0 saturated carbocycles. The van der Waals surface area contributed by atoms with Gasteiger partial charge in [0.1, 0.15) is 5.82 Å². The third kappa shape index (κ3) is 3.92. The Bertz CT molecular complexity index is 510. The molecule has 1 aliphatic rings. The summed E-state index contributed by atoms with van der Waals surface area (Å²) in [6.07, 6.45) is 2.01. The Morgan fingerprint density at radius 1 is 1.52 bits per heavy atom. The molecule has 1 unspecified atom stereocenters. The van der Waals surface area contributed by atoms with Crippen molar-refractivity contribution < 1.29 is 9.53 Å². The molecule has 116 valence electrons. The molecule has 0 aliphatic carbocycles. The van der Waals surface area contributed by atoms with Gasteiger partial charge < -0.3 is 15.5 Å². The number of pyridine rings is 1. The fourth-order valence-corrected chi connectivity index (χ4v) is 2.40. The number of nitrogens with one attached hydrogen (secondary N) is 2. The van der Waals surface area contributed by atoms with Gasteiger partial charge in [0, 0.05) is 24.4 Å². The van der Waals surface area contributed by atoms with Crippen LogP contribution in [0.2, 0.25) is 0 Å². The number of hydrazine groups is 1. The van der Waals surface area contributed by atoms with Crippen LogP contribution < -0.4 is 16.6 Å². The van der Waals surface area contributed by atoms with Crippen LogP contribution in [0.25, 0.3) is 0 Å². The maximum Gasteiger partial charge on any atom is 0.251 e. The highest BCUT2D eigenvalue weighted by Crippen LogP contribution is 2.24. The van der Waals surface area contributed by atoms with Crippen LogP contribution in [0, 0.1) is 0 Å². The molecule has 1 aliphatic heterocycles. The van der Waals surface area contributed by atoms with E-state index in [-0.39, 0.29) is 17.4 Å². The van der Waals surface area contributed by atoms with E-state index in [1.54, 1.807) is 12.1 Å². The predicted molar refractivity (Wildman–Crippen MR) is 82.1 cm³/mol. The van der Waals surface area contributed by atoms with Crippen molar-refractivity contribution in [3.8, 4) is 0 Å². The first-order valence-electron chi connectivity index (χ1n) is 7.34. The zero-order valence-electron chi connectivity index (χ0n) is 12.9. The minimum absolute atomic E-state index is 0.132. The van der Waals surface area contributed by atoms with Crippen LogP contribution >= 0.6 is 0 Å². The van der Waals surface area contributed by atoms with E-state index >= 15 is 0 Å². The SMILES string of the molecule is CC(C)c1cc(C(=O)NCC2(C)CCCO2)cc(NN)n1. The van der Waals surface area contributed by atoms with Crippen LogP contribution in [0.15, 0.2) is 12.1 Å². The van der Waals surface area contributed by atoms with Gasteiger partial charge in [0.25, 0.3) is 5.91 Å². The predicted octanol–water partition coefficient (Wildman–Crippen LogP) is 1.79. The Balaban J connectivity index is 2.09. The molecule has 1 aromatic heterocycles. The summed E-state index contributed by atoms with van der Waals surface area (Å²) in [5.41, 5.74) is 3.65. The number of nitrogens with two attached hydrogens (primary N) is 1. The molecular formula is C15H24N4O2. The second-order valence-electron chi connectivity index (χ2n) is 6.05. The average molecular weight is 292 g/mol. The largest absolute Gasteiger partial charge is 0.373 e. The van der Waals surface area contributed by atoms with Crippen LogP contribution in [-0.2, 0) is 4.74 Å². The third-order valence-electron chi connectivity index (χ3n) is 3.77. The quantitative estimate of drug-likeness (QED) is 0.568. The van der Waals surface area contributed by atoms with Gasteiger partial charge in [-0.25, -0.2) is 10.8 Å². The minimum atomic E-state index is -0.251. The number of aromatic nitrogens is 1. The maximum absolute atomic E-state index is 12.3. The molecule has 2 rings (SSSR count). The second kappa shape index (κ2) is 6.41. The van der Waals surface area contributed by atoms with E-state index in [0.717, 1.165) is 25.1 Å². The first-order valence-corrected chi connectivity index (χ1v) is 7.34. The Kier molecular flexibility index (Phi) is 4.80. The van der Waals surface area contributed by atoms with E-state index in [1.165, 1.54) is 0 Å². The van der Waals surface area contributed by atoms with Crippen molar-refractivity contribution in [1.82, 2.24) is 10.3 Å². The van der Waals surface area contributed by atoms with E-state index in [2.05, 4.69) is 15.7 Å². The standard InChI is InChI=1S/C15H24N4O2/c1-10(2)12-7-11(8-13(18-12)19-16)14(20)17-9-15(3)5-4-6-21-15/h7-8,10H,4-6,9,16H2,1-3H3,(H,17,20)(H,18,19). The Hall–Kier alpha value is -1.66. The summed E-state index contributed by atoms with van der Waals surface area (Å²) in [4.78, 5) is 16.7. The van der Waals surface area contributed by atoms with E-state index in [9.17, 15) is 4.79 Å². The van der Waals surface area contributed by atoms with Gasteiger partial charge >= 0.3 is 0 Å². The van der Waals surface area contributed by atoms with Crippen LogP contribution in [0.1, 0.15) is 55.6 Å². The van der Waals surface area contributed by atoms with Gasteiger partial charge in [-0.2, -0.15) is 0 Å². The van der Waals surface area contributed by atoms with Crippen molar-refractivity contribution in [2.75, 3.05) is 18.6 Å². The number of carbonyl (C=O) groups excluding carboxylic acids is 1. The lowest BCUT2D eigenvalue weighted by molar-refractivity contribution is 0.0206. The highest BCUT2D eigenvalue weighted by molar-refractivity contribution is 5.95. The van der Waals surface area contributed by atoms with Crippen LogP contribution in [-0.4, -0.2) is 29.6 Å². The van der Waals surface area contributed by atoms with Crippen molar-refractivity contribution in [3.63, 3.8) is 0 Å². The van der Waals surface area contributed by atoms with Crippen molar-refractivity contribution in [3.05, 3.63) is 23.4 Å². The zero-order chi connectivity index (χ0) is 15.5. The van der Waals surface area contributed by atoms with E-state index < -0.39 is 0 Å². The zero-order valence-corrected chi connectivity index (χ0v) is 12.9. The summed E-state index contributed by atoms with van der Waals surface area (Å²) in [6.45, 7) is 7.35. The van der Waals surface area contributed by atoms with Gasteiger partial charge in [0.15, 0.2) is 0 Å². The highest BCUT2D eigenvalue weighted by Gasteiger charge is 2.30. The summed E-state index contributed by atoms with van der Waals surface area (Å²) in [6, 6.07) is 3.46. The third-order valence-corrected chi connectivity index (χ3v) is 3.77. The molecule has 21 heavy (non-hydrogen) atoms. The molecule has 0 radical (unpaired) electrons. The van der Waals surface area contributed by atoms with Crippen molar-refractivity contribution >= 4 is 11.7 Å². The molecule has 0 bridgehead atoms. The lowest BCUT2D eigenvalue weighted by atomic mass is 10.0. The molecular weight excluding hydrogens is 268 g/mol. The lowest BCUT2D eigenvalue weighted by Gasteiger charge is -2.23. The van der Waals surface area contributed by atoms with Gasteiger partial charge in [-0.3, -0.25) is 4.79 Å². The number of ether oxygens (including phenoxy) is 1. The fourth-order valence-electron chi connectivity index (χ4n) is 2.40. The van der Waals surface area contributed by atoms with Crippen LogP contribution in [0.5, 0.6) is 0 Å². The molecule has 4 N–H and O–H groups in total. The van der Waals surface area contributed by atoms with Gasteiger partial charge in [0.05, 0.1) is 5.60 Å². The van der Waals surface area contributed by atoms with E-state index in [4.69, 9.17) is 10.6 Å². The molecule has 2 heterocycles.